The van der Waals surface area contributed by atoms with Gasteiger partial charge in [0.05, 0.1) is 0 Å². The van der Waals surface area contributed by atoms with E-state index in [2.05, 4.69) is 4.98 Å². The number of benzene rings is 1. The van der Waals surface area contributed by atoms with Crippen molar-refractivity contribution in [1.82, 2.24) is 9.55 Å². The van der Waals surface area contributed by atoms with Crippen LogP contribution >= 0.6 is 0 Å². The molecule has 0 saturated heterocycles. The molecule has 2 rings (SSSR count). The Bertz CT molecular complexity index is 546. The third kappa shape index (κ3) is 1.74. The van der Waals surface area contributed by atoms with Crippen molar-refractivity contribution in [3.05, 3.63) is 53.4 Å². The molecule has 16 heavy (non-hydrogen) atoms. The molecule has 0 N–H and O–H groups in total. The Kier molecular flexibility index (Phi) is 2.56. The third-order valence-electron chi connectivity index (χ3n) is 2.47. The predicted molar refractivity (Wildman–Crippen MR) is 57.8 cm³/mol. The van der Waals surface area contributed by atoms with Crippen molar-refractivity contribution in [3.8, 4) is 0 Å². The minimum atomic E-state index is -0.414. The molecule has 0 bridgehead atoms. The van der Waals surface area contributed by atoms with Crippen LogP contribution in [0.5, 0.6) is 0 Å². The topological polar surface area (TPSA) is 34.9 Å². The van der Waals surface area contributed by atoms with Gasteiger partial charge in [-0.25, -0.2) is 9.37 Å². The Labute approximate surface area is 92.5 Å². The molecule has 2 aromatic rings. The lowest BCUT2D eigenvalue weighted by molar-refractivity contribution is 0.102. The van der Waals surface area contributed by atoms with Gasteiger partial charge >= 0.3 is 0 Å². The summed E-state index contributed by atoms with van der Waals surface area (Å²) in [6, 6.07) is 4.17. The Balaban J connectivity index is 2.49. The van der Waals surface area contributed by atoms with Crippen LogP contribution in [0, 0.1) is 12.7 Å². The van der Waals surface area contributed by atoms with Crippen LogP contribution in [-0.2, 0) is 7.05 Å². The van der Waals surface area contributed by atoms with Gasteiger partial charge in [-0.2, -0.15) is 0 Å². The highest BCUT2D eigenvalue weighted by Gasteiger charge is 2.16. The van der Waals surface area contributed by atoms with E-state index in [1.165, 1.54) is 12.1 Å². The van der Waals surface area contributed by atoms with Gasteiger partial charge in [-0.05, 0) is 24.6 Å². The number of hydrogen-bond donors (Lipinski definition) is 0. The number of carbonyl (C=O) groups is 1. The molecule has 0 aliphatic carbocycles. The van der Waals surface area contributed by atoms with E-state index < -0.39 is 5.82 Å². The normalized spacial score (nSPS) is 10.4. The molecule has 0 saturated carbocycles. The van der Waals surface area contributed by atoms with E-state index in [9.17, 15) is 9.18 Å². The fourth-order valence-corrected chi connectivity index (χ4v) is 1.54. The van der Waals surface area contributed by atoms with Gasteiger partial charge in [0.25, 0.3) is 0 Å². The van der Waals surface area contributed by atoms with E-state index in [1.54, 1.807) is 37.0 Å². The van der Waals surface area contributed by atoms with Crippen molar-refractivity contribution < 1.29 is 9.18 Å². The summed E-state index contributed by atoms with van der Waals surface area (Å²) in [7, 11) is 1.73. The summed E-state index contributed by atoms with van der Waals surface area (Å²) < 4.78 is 14.7. The number of nitrogens with zero attached hydrogens (tertiary/aromatic N) is 2. The molecular formula is C12H11FN2O. The van der Waals surface area contributed by atoms with Crippen molar-refractivity contribution in [1.29, 1.82) is 0 Å². The lowest BCUT2D eigenvalue weighted by Gasteiger charge is -2.04. The number of ketones is 1. The molecule has 0 spiro atoms. The number of imidazole rings is 1. The maximum atomic E-state index is 13.1. The van der Waals surface area contributed by atoms with Crippen molar-refractivity contribution in [2.45, 2.75) is 6.92 Å². The summed E-state index contributed by atoms with van der Waals surface area (Å²) in [5.41, 5.74) is 1.10. The molecule has 0 radical (unpaired) electrons. The highest BCUT2D eigenvalue weighted by molar-refractivity contribution is 6.07. The maximum absolute atomic E-state index is 13.1. The number of aryl methyl sites for hydroxylation is 2. The summed E-state index contributed by atoms with van der Waals surface area (Å²) in [5, 5.41) is 0. The minimum absolute atomic E-state index is 0.260. The Morgan fingerprint density at radius 3 is 2.81 bits per heavy atom. The van der Waals surface area contributed by atoms with Gasteiger partial charge in [0, 0.05) is 25.0 Å². The standard InChI is InChI=1S/C12H11FN2O/c1-8-3-4-9(13)7-10(8)11(16)12-14-5-6-15(12)2/h3-7H,1-2H3. The highest BCUT2D eigenvalue weighted by atomic mass is 19.1. The average Bonchev–Trinajstić information content (AvgIpc) is 2.67. The SMILES string of the molecule is Cc1ccc(F)cc1C(=O)c1nccn1C. The number of halogens is 1. The van der Waals surface area contributed by atoms with Gasteiger partial charge in [0.2, 0.25) is 5.78 Å². The smallest absolute Gasteiger partial charge is 0.228 e. The van der Waals surface area contributed by atoms with E-state index in [0.29, 0.717) is 11.4 Å². The number of aromatic nitrogens is 2. The number of hydrogen-bond acceptors (Lipinski definition) is 2. The molecule has 1 heterocycles. The molecule has 0 amide bonds. The van der Waals surface area contributed by atoms with Crippen LogP contribution in [-0.4, -0.2) is 15.3 Å². The first-order valence-electron chi connectivity index (χ1n) is 4.88. The highest BCUT2D eigenvalue weighted by Crippen LogP contribution is 2.14. The molecule has 0 aliphatic rings. The second kappa shape index (κ2) is 3.89. The number of carbonyl (C=O) groups excluding carboxylic acids is 1. The van der Waals surface area contributed by atoms with Crippen LogP contribution in [0.3, 0.4) is 0 Å². The fraction of sp³-hybridized carbons (Fsp3) is 0.167. The second-order valence-corrected chi connectivity index (χ2v) is 3.65. The largest absolute Gasteiger partial charge is 0.331 e. The molecule has 0 fully saturated rings. The van der Waals surface area contributed by atoms with Crippen LogP contribution in [0.2, 0.25) is 0 Å². The summed E-state index contributed by atoms with van der Waals surface area (Å²) in [5.74, 6) is -0.360. The van der Waals surface area contributed by atoms with Crippen molar-refractivity contribution in [2.24, 2.45) is 7.05 Å². The molecule has 3 nitrogen and oxygen atoms in total. The van der Waals surface area contributed by atoms with Gasteiger partial charge in [0.1, 0.15) is 5.82 Å². The molecule has 0 atom stereocenters. The van der Waals surface area contributed by atoms with E-state index in [1.807, 2.05) is 0 Å². The Morgan fingerprint density at radius 2 is 2.19 bits per heavy atom. The van der Waals surface area contributed by atoms with E-state index in [-0.39, 0.29) is 5.78 Å². The van der Waals surface area contributed by atoms with Gasteiger partial charge in [-0.1, -0.05) is 6.07 Å². The van der Waals surface area contributed by atoms with Crippen LogP contribution in [0.25, 0.3) is 0 Å². The zero-order valence-corrected chi connectivity index (χ0v) is 9.07. The summed E-state index contributed by atoms with van der Waals surface area (Å²) in [6.45, 7) is 1.77. The summed E-state index contributed by atoms with van der Waals surface area (Å²) in [4.78, 5) is 16.0. The van der Waals surface area contributed by atoms with Gasteiger partial charge in [0.15, 0.2) is 5.82 Å². The lowest BCUT2D eigenvalue weighted by Crippen LogP contribution is -2.10. The molecule has 0 unspecified atom stereocenters. The van der Waals surface area contributed by atoms with Crippen molar-refractivity contribution in [2.75, 3.05) is 0 Å². The average molecular weight is 218 g/mol. The molecule has 4 heteroatoms. The lowest BCUT2D eigenvalue weighted by atomic mass is 10.0. The first-order chi connectivity index (χ1) is 7.59. The molecule has 82 valence electrons. The van der Waals surface area contributed by atoms with Crippen molar-refractivity contribution in [3.63, 3.8) is 0 Å². The minimum Gasteiger partial charge on any atom is -0.331 e. The summed E-state index contributed by atoms with van der Waals surface area (Å²) in [6.07, 6.45) is 3.23. The maximum Gasteiger partial charge on any atom is 0.228 e. The van der Waals surface area contributed by atoms with E-state index in [4.69, 9.17) is 0 Å². The quantitative estimate of drug-likeness (QED) is 0.723. The molecule has 0 aliphatic heterocycles. The zero-order chi connectivity index (χ0) is 11.7. The second-order valence-electron chi connectivity index (χ2n) is 3.65. The van der Waals surface area contributed by atoms with Gasteiger partial charge in [-0.3, -0.25) is 4.79 Å². The number of rotatable bonds is 2. The van der Waals surface area contributed by atoms with Gasteiger partial charge < -0.3 is 4.57 Å². The first-order valence-corrected chi connectivity index (χ1v) is 4.88. The molecular weight excluding hydrogens is 207 g/mol. The molecule has 1 aromatic carbocycles. The van der Waals surface area contributed by atoms with E-state index >= 15 is 0 Å². The predicted octanol–water partition coefficient (Wildman–Crippen LogP) is 2.10. The van der Waals surface area contributed by atoms with Crippen LogP contribution in [0.15, 0.2) is 30.6 Å². The Hall–Kier alpha value is -1.97. The fourth-order valence-electron chi connectivity index (χ4n) is 1.54. The van der Waals surface area contributed by atoms with Crippen LogP contribution in [0.1, 0.15) is 21.7 Å². The van der Waals surface area contributed by atoms with Crippen LogP contribution in [0.4, 0.5) is 4.39 Å². The third-order valence-corrected chi connectivity index (χ3v) is 2.47. The zero-order valence-electron chi connectivity index (χ0n) is 9.07. The first kappa shape index (κ1) is 10.5. The van der Waals surface area contributed by atoms with Crippen molar-refractivity contribution >= 4 is 5.78 Å². The monoisotopic (exact) mass is 218 g/mol. The Morgan fingerprint density at radius 1 is 1.44 bits per heavy atom. The summed E-state index contributed by atoms with van der Waals surface area (Å²) >= 11 is 0. The van der Waals surface area contributed by atoms with Gasteiger partial charge in [-0.15, -0.1) is 0 Å². The molecule has 1 aromatic heterocycles. The van der Waals surface area contributed by atoms with E-state index in [0.717, 1.165) is 5.56 Å². The van der Waals surface area contributed by atoms with Crippen LogP contribution < -0.4 is 0 Å².